The summed E-state index contributed by atoms with van der Waals surface area (Å²) in [7, 11) is 0. The molecular formula is C15H19NO5S. The van der Waals surface area contributed by atoms with E-state index >= 15 is 0 Å². The number of thiophene rings is 1. The van der Waals surface area contributed by atoms with Crippen LogP contribution in [0.4, 0.5) is 4.79 Å². The van der Waals surface area contributed by atoms with Crippen molar-refractivity contribution >= 4 is 29.3 Å². The fraction of sp³-hybridized carbons (Fsp3) is 0.533. The van der Waals surface area contributed by atoms with Gasteiger partial charge in [0, 0.05) is 4.88 Å². The molecule has 0 aromatic carbocycles. The lowest BCUT2D eigenvalue weighted by atomic mass is 10.1. The van der Waals surface area contributed by atoms with E-state index in [1.807, 2.05) is 11.4 Å². The van der Waals surface area contributed by atoms with Gasteiger partial charge in [-0.15, -0.1) is 11.3 Å². The van der Waals surface area contributed by atoms with Crippen LogP contribution in [0.2, 0.25) is 0 Å². The minimum atomic E-state index is -0.841. The number of nitrogens with one attached hydrogen (secondary N) is 1. The molecule has 2 rings (SSSR count). The summed E-state index contributed by atoms with van der Waals surface area (Å²) in [4.78, 5) is 36.2. The highest BCUT2D eigenvalue weighted by Gasteiger charge is 2.18. The molecule has 1 heterocycles. The molecular weight excluding hydrogens is 306 g/mol. The first-order valence-electron chi connectivity index (χ1n) is 7.35. The fourth-order valence-electron chi connectivity index (χ4n) is 2.29. The molecule has 2 amide bonds. The highest BCUT2D eigenvalue weighted by molar-refractivity contribution is 7.14. The Bertz CT molecular complexity index is 543. The number of ether oxygens (including phenoxy) is 2. The van der Waals surface area contributed by atoms with Gasteiger partial charge in [0.15, 0.2) is 6.61 Å². The Morgan fingerprint density at radius 1 is 1.18 bits per heavy atom. The molecule has 1 aliphatic carbocycles. The first kappa shape index (κ1) is 16.5. The van der Waals surface area contributed by atoms with E-state index in [2.05, 4.69) is 4.74 Å². The number of carbonyl (C=O) groups excluding carboxylic acids is 3. The third kappa shape index (κ3) is 4.56. The van der Waals surface area contributed by atoms with Gasteiger partial charge in [-0.1, -0.05) is 6.42 Å². The van der Waals surface area contributed by atoms with Crippen molar-refractivity contribution in [2.75, 3.05) is 13.2 Å². The molecule has 0 unspecified atom stereocenters. The topological polar surface area (TPSA) is 81.7 Å². The van der Waals surface area contributed by atoms with Crippen molar-refractivity contribution in [3.05, 3.63) is 21.4 Å². The molecule has 1 aromatic rings. The molecule has 120 valence electrons. The van der Waals surface area contributed by atoms with Crippen LogP contribution in [-0.4, -0.2) is 31.2 Å². The van der Waals surface area contributed by atoms with Gasteiger partial charge >= 0.3 is 12.1 Å². The number of amides is 2. The molecule has 0 fully saturated rings. The van der Waals surface area contributed by atoms with E-state index in [1.54, 1.807) is 6.92 Å². The molecule has 6 nitrogen and oxygen atoms in total. The van der Waals surface area contributed by atoms with Crippen LogP contribution in [0.25, 0.3) is 0 Å². The van der Waals surface area contributed by atoms with Crippen molar-refractivity contribution in [2.24, 2.45) is 0 Å². The number of carbonyl (C=O) groups is 3. The molecule has 0 spiro atoms. The van der Waals surface area contributed by atoms with Crippen molar-refractivity contribution in [1.29, 1.82) is 0 Å². The molecule has 0 bridgehead atoms. The van der Waals surface area contributed by atoms with Gasteiger partial charge < -0.3 is 9.47 Å². The van der Waals surface area contributed by atoms with Crippen LogP contribution >= 0.6 is 11.3 Å². The fourth-order valence-corrected chi connectivity index (χ4v) is 3.43. The van der Waals surface area contributed by atoms with Crippen molar-refractivity contribution in [2.45, 2.75) is 39.0 Å². The third-order valence-electron chi connectivity index (χ3n) is 3.30. The van der Waals surface area contributed by atoms with Gasteiger partial charge in [0.2, 0.25) is 0 Å². The largest absolute Gasteiger partial charge is 0.451 e. The average Bonchev–Trinajstić information content (AvgIpc) is 2.76. The second-order valence-electron chi connectivity index (χ2n) is 4.96. The molecule has 0 saturated heterocycles. The Hall–Kier alpha value is -1.89. The number of hydrogen-bond donors (Lipinski definition) is 1. The monoisotopic (exact) mass is 325 g/mol. The SMILES string of the molecule is CCOC(=O)NC(=O)COC(=O)c1cc2c(s1)CCCCC2. The number of rotatable bonds is 4. The molecule has 7 heteroatoms. The lowest BCUT2D eigenvalue weighted by Gasteiger charge is -2.04. The van der Waals surface area contributed by atoms with Gasteiger partial charge in [-0.2, -0.15) is 0 Å². The predicted octanol–water partition coefficient (Wildman–Crippen LogP) is 2.45. The van der Waals surface area contributed by atoms with E-state index in [0.29, 0.717) is 4.88 Å². The van der Waals surface area contributed by atoms with Gasteiger partial charge in [-0.05, 0) is 44.2 Å². The summed E-state index contributed by atoms with van der Waals surface area (Å²) in [6.45, 7) is 1.30. The summed E-state index contributed by atoms with van der Waals surface area (Å²) in [5, 5.41) is 1.97. The smallest absolute Gasteiger partial charge is 0.413 e. The van der Waals surface area contributed by atoms with E-state index in [-0.39, 0.29) is 6.61 Å². The standard InChI is InChI=1S/C15H19NO5S/c1-2-20-15(19)16-13(17)9-21-14(18)12-8-10-6-4-3-5-7-11(10)22-12/h8H,2-7,9H2,1H3,(H,16,17,19). The summed E-state index contributed by atoms with van der Waals surface area (Å²) in [5.41, 5.74) is 1.21. The first-order chi connectivity index (χ1) is 10.6. The molecule has 0 radical (unpaired) electrons. The second-order valence-corrected chi connectivity index (χ2v) is 6.10. The third-order valence-corrected chi connectivity index (χ3v) is 4.52. The average molecular weight is 325 g/mol. The van der Waals surface area contributed by atoms with Gasteiger partial charge in [0.25, 0.3) is 5.91 Å². The highest BCUT2D eigenvalue weighted by atomic mass is 32.1. The van der Waals surface area contributed by atoms with Crippen LogP contribution in [0, 0.1) is 0 Å². The van der Waals surface area contributed by atoms with E-state index < -0.39 is 24.6 Å². The van der Waals surface area contributed by atoms with E-state index in [1.165, 1.54) is 28.2 Å². The van der Waals surface area contributed by atoms with E-state index in [0.717, 1.165) is 25.7 Å². The second kappa shape index (κ2) is 7.93. The molecule has 0 atom stereocenters. The van der Waals surface area contributed by atoms with Crippen LogP contribution < -0.4 is 5.32 Å². The zero-order chi connectivity index (χ0) is 15.9. The Kier molecular flexibility index (Phi) is 5.94. The number of esters is 1. The van der Waals surface area contributed by atoms with Crippen LogP contribution in [0.3, 0.4) is 0 Å². The quantitative estimate of drug-likeness (QED) is 0.679. The molecule has 1 aliphatic rings. The lowest BCUT2D eigenvalue weighted by molar-refractivity contribution is -0.123. The molecule has 22 heavy (non-hydrogen) atoms. The van der Waals surface area contributed by atoms with Crippen molar-refractivity contribution in [3.63, 3.8) is 0 Å². The Morgan fingerprint density at radius 3 is 2.73 bits per heavy atom. The maximum atomic E-state index is 12.0. The first-order valence-corrected chi connectivity index (χ1v) is 8.17. The maximum Gasteiger partial charge on any atom is 0.413 e. The Balaban J connectivity index is 1.85. The number of aryl methyl sites for hydroxylation is 2. The van der Waals surface area contributed by atoms with Crippen molar-refractivity contribution in [3.8, 4) is 0 Å². The van der Waals surface area contributed by atoms with E-state index in [4.69, 9.17) is 4.74 Å². The molecule has 0 saturated carbocycles. The molecule has 1 aromatic heterocycles. The zero-order valence-electron chi connectivity index (χ0n) is 12.5. The van der Waals surface area contributed by atoms with Crippen LogP contribution in [-0.2, 0) is 27.1 Å². The minimum absolute atomic E-state index is 0.166. The van der Waals surface area contributed by atoms with Crippen molar-refractivity contribution < 1.29 is 23.9 Å². The van der Waals surface area contributed by atoms with Gasteiger partial charge in [0.1, 0.15) is 4.88 Å². The minimum Gasteiger partial charge on any atom is -0.451 e. The molecule has 1 N–H and O–H groups in total. The van der Waals surface area contributed by atoms with Crippen LogP contribution in [0.5, 0.6) is 0 Å². The predicted molar refractivity (Wildman–Crippen MR) is 81.0 cm³/mol. The lowest BCUT2D eigenvalue weighted by Crippen LogP contribution is -2.34. The number of fused-ring (bicyclic) bond motifs is 1. The Labute approximate surface area is 132 Å². The van der Waals surface area contributed by atoms with E-state index in [9.17, 15) is 14.4 Å². The summed E-state index contributed by atoms with van der Waals surface area (Å²) in [6, 6.07) is 1.86. The number of alkyl carbamates (subject to hydrolysis) is 1. The zero-order valence-corrected chi connectivity index (χ0v) is 13.3. The highest BCUT2D eigenvalue weighted by Crippen LogP contribution is 2.29. The van der Waals surface area contributed by atoms with Gasteiger partial charge in [-0.3, -0.25) is 10.1 Å². The van der Waals surface area contributed by atoms with Crippen LogP contribution in [0.15, 0.2) is 6.07 Å². The summed E-state index contributed by atoms with van der Waals surface area (Å²) in [6.07, 6.45) is 4.64. The summed E-state index contributed by atoms with van der Waals surface area (Å²) < 4.78 is 9.49. The normalized spacial score (nSPS) is 13.7. The van der Waals surface area contributed by atoms with Crippen LogP contribution in [0.1, 0.15) is 46.3 Å². The molecule has 0 aliphatic heterocycles. The Morgan fingerprint density at radius 2 is 1.95 bits per heavy atom. The summed E-state index contributed by atoms with van der Waals surface area (Å²) >= 11 is 1.43. The van der Waals surface area contributed by atoms with Gasteiger partial charge in [0.05, 0.1) is 6.61 Å². The van der Waals surface area contributed by atoms with Crippen molar-refractivity contribution in [1.82, 2.24) is 5.32 Å². The summed E-state index contributed by atoms with van der Waals surface area (Å²) in [5.74, 6) is -1.23. The maximum absolute atomic E-state index is 12.0. The number of imide groups is 1. The van der Waals surface area contributed by atoms with Gasteiger partial charge in [-0.25, -0.2) is 9.59 Å². The number of hydrogen-bond acceptors (Lipinski definition) is 6.